The van der Waals surface area contributed by atoms with E-state index in [4.69, 9.17) is 14.7 Å². The molecule has 1 aromatic carbocycles. The summed E-state index contributed by atoms with van der Waals surface area (Å²) in [6, 6.07) is 15.6. The minimum absolute atomic E-state index is 0.474. The highest BCUT2D eigenvalue weighted by molar-refractivity contribution is 5.79. The van der Waals surface area contributed by atoms with E-state index in [9.17, 15) is 4.79 Å². The third kappa shape index (κ3) is 4.58. The maximum absolute atomic E-state index is 11.8. The minimum Gasteiger partial charge on any atom is -0.378 e. The second-order valence-corrected chi connectivity index (χ2v) is 8.18. The number of carbonyl (C=O) groups is 1. The summed E-state index contributed by atoms with van der Waals surface area (Å²) in [5.41, 5.74) is 5.32. The van der Waals surface area contributed by atoms with E-state index in [1.54, 1.807) is 6.20 Å². The fraction of sp³-hybridized carbons (Fsp3) is 0.269. The molecule has 0 aliphatic carbocycles. The first-order chi connectivity index (χ1) is 16.7. The van der Waals surface area contributed by atoms with Gasteiger partial charge in [-0.15, -0.1) is 0 Å². The average Bonchev–Trinajstić information content (AvgIpc) is 2.89. The predicted octanol–water partition coefficient (Wildman–Crippen LogP) is 3.97. The molecule has 3 N–H and O–H groups in total. The molecule has 0 bridgehead atoms. The number of aromatic nitrogens is 2. The number of carbonyl (C=O) groups excluding carboxylic acids is 1. The lowest BCUT2D eigenvalue weighted by Gasteiger charge is -2.29. The van der Waals surface area contributed by atoms with Gasteiger partial charge in [0, 0.05) is 36.6 Å². The Kier molecular flexibility index (Phi) is 6.40. The van der Waals surface area contributed by atoms with Gasteiger partial charge in [-0.3, -0.25) is 0 Å². The molecule has 1 atom stereocenters. The Balaban J connectivity index is 1.50. The topological polar surface area (TPSA) is 91.4 Å². The summed E-state index contributed by atoms with van der Waals surface area (Å²) >= 11 is 0. The summed E-state index contributed by atoms with van der Waals surface area (Å²) in [5, 5.41) is 9.81. The van der Waals surface area contributed by atoms with E-state index in [-0.39, 0.29) is 0 Å². The molecule has 0 saturated carbocycles. The van der Waals surface area contributed by atoms with Crippen LogP contribution in [-0.2, 0) is 9.53 Å². The van der Waals surface area contributed by atoms with Crippen LogP contribution in [0, 0.1) is 0 Å². The summed E-state index contributed by atoms with van der Waals surface area (Å²) in [4.78, 5) is 23.8. The van der Waals surface area contributed by atoms with Crippen molar-refractivity contribution in [1.82, 2.24) is 15.3 Å². The van der Waals surface area contributed by atoms with Crippen molar-refractivity contribution in [3.05, 3.63) is 65.9 Å². The summed E-state index contributed by atoms with van der Waals surface area (Å²) in [5.74, 6) is 1.44. The molecule has 3 aromatic rings. The fourth-order valence-corrected chi connectivity index (χ4v) is 4.27. The van der Waals surface area contributed by atoms with Gasteiger partial charge in [0.05, 0.1) is 24.6 Å². The molecule has 5 rings (SSSR count). The van der Waals surface area contributed by atoms with Gasteiger partial charge in [-0.1, -0.05) is 6.07 Å². The van der Waals surface area contributed by atoms with Crippen LogP contribution in [0.4, 0.5) is 23.0 Å². The molecule has 1 fully saturated rings. The number of benzene rings is 1. The first-order valence-electron chi connectivity index (χ1n) is 11.6. The summed E-state index contributed by atoms with van der Waals surface area (Å²) in [6.45, 7) is 6.11. The lowest BCUT2D eigenvalue weighted by Crippen LogP contribution is -2.36. The number of rotatable bonds is 7. The number of nitrogens with one attached hydrogen (secondary N) is 3. The van der Waals surface area contributed by atoms with Crippen molar-refractivity contribution in [1.29, 1.82) is 0 Å². The largest absolute Gasteiger partial charge is 0.378 e. The van der Waals surface area contributed by atoms with Gasteiger partial charge in [0.2, 0.25) is 0 Å². The Bertz CT molecular complexity index is 1190. The number of morpholine rings is 1. The number of hydrogen-bond donors (Lipinski definition) is 3. The zero-order valence-corrected chi connectivity index (χ0v) is 19.1. The maximum Gasteiger partial charge on any atom is 0.146 e. The van der Waals surface area contributed by atoms with E-state index in [0.29, 0.717) is 5.82 Å². The second-order valence-electron chi connectivity index (χ2n) is 8.18. The normalized spacial score (nSPS) is 17.0. The fourth-order valence-electron chi connectivity index (χ4n) is 4.27. The van der Waals surface area contributed by atoms with Crippen molar-refractivity contribution in [3.63, 3.8) is 0 Å². The van der Waals surface area contributed by atoms with Gasteiger partial charge in [-0.2, -0.15) is 0 Å². The van der Waals surface area contributed by atoms with Crippen LogP contribution in [0.15, 0.2) is 54.7 Å². The van der Waals surface area contributed by atoms with Gasteiger partial charge in [0.15, 0.2) is 0 Å². The molecule has 2 aliphatic heterocycles. The van der Waals surface area contributed by atoms with Gasteiger partial charge in [-0.05, 0) is 67.2 Å². The zero-order valence-electron chi connectivity index (χ0n) is 19.1. The molecular weight excluding hydrogens is 428 g/mol. The number of pyridine rings is 2. The summed E-state index contributed by atoms with van der Waals surface area (Å²) < 4.78 is 5.45. The van der Waals surface area contributed by atoms with Crippen molar-refractivity contribution < 1.29 is 9.53 Å². The Morgan fingerprint density at radius 3 is 2.71 bits per heavy atom. The molecule has 34 heavy (non-hydrogen) atoms. The predicted molar refractivity (Wildman–Crippen MR) is 135 cm³/mol. The van der Waals surface area contributed by atoms with E-state index >= 15 is 0 Å². The Morgan fingerprint density at radius 1 is 1.12 bits per heavy atom. The van der Waals surface area contributed by atoms with Crippen LogP contribution in [0.25, 0.3) is 17.5 Å². The van der Waals surface area contributed by atoms with E-state index in [1.165, 1.54) is 0 Å². The Hall–Kier alpha value is -3.91. The van der Waals surface area contributed by atoms with Gasteiger partial charge < -0.3 is 30.4 Å². The van der Waals surface area contributed by atoms with E-state index in [1.807, 2.05) is 49.4 Å². The number of hydrogen-bond acceptors (Lipinski definition) is 8. The third-order valence-corrected chi connectivity index (χ3v) is 5.95. The van der Waals surface area contributed by atoms with E-state index < -0.39 is 6.04 Å². The smallest absolute Gasteiger partial charge is 0.146 e. The monoisotopic (exact) mass is 456 g/mol. The SMILES string of the molecule is CCNc1cccc(-c2cc3c(c(Nc4ccc(N5CCOCC5)cc4)n2)C(C=O)NC=C3)n1. The number of aldehydes is 1. The molecule has 1 saturated heterocycles. The number of nitrogens with zero attached hydrogens (tertiary/aromatic N) is 3. The molecule has 1 unspecified atom stereocenters. The summed E-state index contributed by atoms with van der Waals surface area (Å²) in [6.07, 6.45) is 4.66. The molecule has 2 aliphatic rings. The van der Waals surface area contributed by atoms with Crippen LogP contribution in [0.1, 0.15) is 24.1 Å². The maximum atomic E-state index is 11.8. The Morgan fingerprint density at radius 2 is 1.94 bits per heavy atom. The third-order valence-electron chi connectivity index (χ3n) is 5.95. The quantitative estimate of drug-likeness (QED) is 0.460. The molecule has 2 aromatic heterocycles. The van der Waals surface area contributed by atoms with Crippen LogP contribution < -0.4 is 20.9 Å². The van der Waals surface area contributed by atoms with Crippen molar-refractivity contribution in [2.75, 3.05) is 48.4 Å². The second kappa shape index (κ2) is 9.93. The lowest BCUT2D eigenvalue weighted by molar-refractivity contribution is -0.109. The molecule has 0 spiro atoms. The average molecular weight is 457 g/mol. The van der Waals surface area contributed by atoms with E-state index in [0.717, 1.165) is 78.8 Å². The zero-order chi connectivity index (χ0) is 23.3. The van der Waals surface area contributed by atoms with Crippen molar-refractivity contribution in [2.24, 2.45) is 0 Å². The van der Waals surface area contributed by atoms with Gasteiger partial charge >= 0.3 is 0 Å². The first kappa shape index (κ1) is 21.9. The van der Waals surface area contributed by atoms with Crippen LogP contribution in [-0.4, -0.2) is 49.1 Å². The van der Waals surface area contributed by atoms with Gasteiger partial charge in [0.25, 0.3) is 0 Å². The number of anilines is 4. The minimum atomic E-state index is -0.474. The molecule has 8 heteroatoms. The van der Waals surface area contributed by atoms with Crippen LogP contribution in [0.5, 0.6) is 0 Å². The highest BCUT2D eigenvalue weighted by atomic mass is 16.5. The highest BCUT2D eigenvalue weighted by Gasteiger charge is 2.23. The molecule has 8 nitrogen and oxygen atoms in total. The Labute approximate surface area is 199 Å². The highest BCUT2D eigenvalue weighted by Crippen LogP contribution is 2.34. The molecule has 0 radical (unpaired) electrons. The van der Waals surface area contributed by atoms with Gasteiger partial charge in [0.1, 0.15) is 24.0 Å². The van der Waals surface area contributed by atoms with Gasteiger partial charge in [-0.25, -0.2) is 9.97 Å². The van der Waals surface area contributed by atoms with Crippen molar-refractivity contribution >= 4 is 35.4 Å². The van der Waals surface area contributed by atoms with Crippen LogP contribution >= 0.6 is 0 Å². The van der Waals surface area contributed by atoms with E-state index in [2.05, 4.69) is 33.0 Å². The first-order valence-corrected chi connectivity index (χ1v) is 11.6. The number of fused-ring (bicyclic) bond motifs is 1. The van der Waals surface area contributed by atoms with Crippen molar-refractivity contribution in [2.45, 2.75) is 13.0 Å². The van der Waals surface area contributed by atoms with Crippen LogP contribution in [0.2, 0.25) is 0 Å². The molecule has 174 valence electrons. The summed E-state index contributed by atoms with van der Waals surface area (Å²) in [7, 11) is 0. The standard InChI is InChI=1S/C26H28N6O2/c1-2-27-24-5-3-4-21(30-24)22-16-18-10-11-28-23(17-33)25(18)26(31-22)29-19-6-8-20(9-7-19)32-12-14-34-15-13-32/h3-11,16-17,23,28H,2,12-15H2,1H3,(H,27,30)(H,29,31). The van der Waals surface area contributed by atoms with Crippen LogP contribution in [0.3, 0.4) is 0 Å². The lowest BCUT2D eigenvalue weighted by atomic mass is 9.97. The molecular formula is C26H28N6O2. The number of ether oxygens (including phenoxy) is 1. The molecule has 0 amide bonds. The van der Waals surface area contributed by atoms with Crippen molar-refractivity contribution in [3.8, 4) is 11.4 Å². The molecule has 4 heterocycles.